The molecule has 10 aromatic carbocycles. The van der Waals surface area contributed by atoms with Crippen molar-refractivity contribution in [3.05, 3.63) is 246 Å². The van der Waals surface area contributed by atoms with Crippen molar-refractivity contribution in [1.82, 2.24) is 4.57 Å². The Morgan fingerprint density at radius 1 is 0.307 bits per heavy atom. The summed E-state index contributed by atoms with van der Waals surface area (Å²) in [7, 11) is 0. The molecule has 0 spiro atoms. The lowest BCUT2D eigenvalue weighted by Crippen LogP contribution is -2.13. The first-order valence-electron chi connectivity index (χ1n) is 24.9. The maximum absolute atomic E-state index is 13.8. The van der Waals surface area contributed by atoms with E-state index in [1.54, 1.807) is 0 Å². The third kappa shape index (κ3) is 9.67. The zero-order valence-corrected chi connectivity index (χ0v) is 42.0. The molecule has 370 valence electrons. The van der Waals surface area contributed by atoms with Gasteiger partial charge in [-0.15, -0.1) is 0 Å². The second-order valence-corrected chi connectivity index (χ2v) is 20.6. The Morgan fingerprint density at radius 3 is 1.00 bits per heavy atom. The van der Waals surface area contributed by atoms with E-state index in [2.05, 4.69) is 171 Å². The minimum atomic E-state index is -4.46. The zero-order valence-electron chi connectivity index (χ0n) is 42.0. The fraction of sp³-hybridized carbons (Fsp3) is 0.118. The predicted molar refractivity (Wildman–Crippen MR) is 297 cm³/mol. The van der Waals surface area contributed by atoms with Crippen LogP contribution in [0.3, 0.4) is 0 Å². The van der Waals surface area contributed by atoms with Crippen molar-refractivity contribution in [3.63, 3.8) is 0 Å². The van der Waals surface area contributed by atoms with Crippen LogP contribution in [0.1, 0.15) is 48.6 Å². The maximum Gasteiger partial charge on any atom is 0.416 e. The molecule has 0 saturated carbocycles. The fourth-order valence-corrected chi connectivity index (χ4v) is 10.4. The summed E-state index contributed by atoms with van der Waals surface area (Å²) in [5.41, 5.74) is 17.4. The van der Waals surface area contributed by atoms with Gasteiger partial charge in [-0.2, -0.15) is 26.3 Å². The molecule has 0 unspecified atom stereocenters. The Morgan fingerprint density at radius 2 is 0.627 bits per heavy atom. The first-order valence-corrected chi connectivity index (χ1v) is 24.9. The molecular formula is C68H51F6N. The summed E-state index contributed by atoms with van der Waals surface area (Å²) >= 11 is 0. The number of hydrogen-bond acceptors (Lipinski definition) is 0. The van der Waals surface area contributed by atoms with Crippen LogP contribution < -0.4 is 0 Å². The number of alkyl halides is 6. The molecule has 0 radical (unpaired) electrons. The smallest absolute Gasteiger partial charge is 0.309 e. The minimum Gasteiger partial charge on any atom is -0.309 e. The van der Waals surface area contributed by atoms with Crippen LogP contribution in [0.4, 0.5) is 26.3 Å². The van der Waals surface area contributed by atoms with Crippen LogP contribution in [0.15, 0.2) is 218 Å². The summed E-state index contributed by atoms with van der Waals surface area (Å²) in [4.78, 5) is 0. The van der Waals surface area contributed by atoms with Gasteiger partial charge >= 0.3 is 12.4 Å². The highest BCUT2D eigenvalue weighted by molar-refractivity contribution is 6.12. The van der Waals surface area contributed by atoms with E-state index in [9.17, 15) is 26.3 Å². The van der Waals surface area contributed by atoms with Crippen molar-refractivity contribution in [2.24, 2.45) is 0 Å². The minimum absolute atomic E-state index is 0.146. The normalized spacial score (nSPS) is 12.2. The largest absolute Gasteiger partial charge is 0.416 e. The van der Waals surface area contributed by atoms with Gasteiger partial charge in [0.1, 0.15) is 0 Å². The molecule has 1 nitrogen and oxygen atoms in total. The van der Waals surface area contributed by atoms with Gasteiger partial charge in [-0.1, -0.05) is 159 Å². The van der Waals surface area contributed by atoms with Gasteiger partial charge in [-0.05, 0) is 188 Å². The molecule has 0 fully saturated rings. The zero-order chi connectivity index (χ0) is 52.4. The molecule has 0 bridgehead atoms. The highest BCUT2D eigenvalue weighted by Gasteiger charge is 2.31. The third-order valence-corrected chi connectivity index (χ3v) is 14.3. The number of aromatic nitrogens is 1. The number of aryl methyl sites for hydroxylation is 2. The van der Waals surface area contributed by atoms with Gasteiger partial charge in [0.05, 0.1) is 27.8 Å². The molecule has 0 saturated heterocycles. The average Bonchev–Trinajstić information content (AvgIpc) is 3.78. The number of nitrogens with zero attached hydrogens (tertiary/aromatic N) is 1. The van der Waals surface area contributed by atoms with Crippen molar-refractivity contribution < 1.29 is 26.3 Å². The van der Waals surface area contributed by atoms with Gasteiger partial charge < -0.3 is 4.57 Å². The molecular weight excluding hydrogens is 945 g/mol. The molecule has 0 N–H and O–H groups in total. The van der Waals surface area contributed by atoms with Gasteiger partial charge in [0, 0.05) is 16.3 Å². The molecule has 0 aliphatic rings. The van der Waals surface area contributed by atoms with Gasteiger partial charge in [0.15, 0.2) is 0 Å². The number of benzene rings is 10. The molecule has 1 heterocycles. The number of halogens is 6. The fourth-order valence-electron chi connectivity index (χ4n) is 10.4. The van der Waals surface area contributed by atoms with Crippen LogP contribution in [-0.4, -0.2) is 4.57 Å². The predicted octanol–water partition coefficient (Wildman–Crippen LogP) is 20.4. The summed E-state index contributed by atoms with van der Waals surface area (Å²) in [6, 6.07) is 69.6. The van der Waals surface area contributed by atoms with Crippen LogP contribution in [-0.2, 0) is 17.8 Å². The number of para-hydroxylation sites is 1. The molecule has 0 amide bonds. The van der Waals surface area contributed by atoms with E-state index in [-0.39, 0.29) is 5.41 Å². The lowest BCUT2D eigenvalue weighted by atomic mass is 9.81. The third-order valence-electron chi connectivity index (χ3n) is 14.3. The molecule has 0 aliphatic carbocycles. The molecule has 11 aromatic rings. The second-order valence-electron chi connectivity index (χ2n) is 20.6. The summed E-state index contributed by atoms with van der Waals surface area (Å²) in [6.07, 6.45) is -8.92. The monoisotopic (exact) mass is 995 g/mol. The van der Waals surface area contributed by atoms with E-state index in [0.29, 0.717) is 11.1 Å². The summed E-state index contributed by atoms with van der Waals surface area (Å²) in [5, 5.41) is 1.97. The SMILES string of the molecule is Cc1ccc(-c2cc(-c3ccc(C(F)(F)F)cc3)cc(-c3ccc4c(c3)c3cc(-c5cc(-c6ccc(C)cc6)cc(-c6ccc(C(F)(F)F)cc6)c5)ccc3n4-c3ccccc3-c3ccccc3C(C)(C)C)c2)cc1. The molecule has 11 rings (SSSR count). The van der Waals surface area contributed by atoms with Gasteiger partial charge in [-0.3, -0.25) is 0 Å². The second kappa shape index (κ2) is 18.8. The quantitative estimate of drug-likeness (QED) is 0.134. The van der Waals surface area contributed by atoms with Crippen molar-refractivity contribution in [1.29, 1.82) is 0 Å². The maximum atomic E-state index is 13.8. The van der Waals surface area contributed by atoms with Crippen LogP contribution >= 0.6 is 0 Å². The molecule has 7 heteroatoms. The lowest BCUT2D eigenvalue weighted by molar-refractivity contribution is -0.138. The first kappa shape index (κ1) is 48.8. The molecule has 75 heavy (non-hydrogen) atoms. The Balaban J connectivity index is 1.15. The van der Waals surface area contributed by atoms with Crippen LogP contribution in [0, 0.1) is 13.8 Å². The van der Waals surface area contributed by atoms with E-state index < -0.39 is 23.5 Å². The van der Waals surface area contributed by atoms with Gasteiger partial charge in [-0.25, -0.2) is 0 Å². The van der Waals surface area contributed by atoms with E-state index in [4.69, 9.17) is 0 Å². The van der Waals surface area contributed by atoms with E-state index >= 15 is 0 Å². The summed E-state index contributed by atoms with van der Waals surface area (Å²) < 4.78 is 84.9. The number of rotatable bonds is 8. The van der Waals surface area contributed by atoms with Crippen LogP contribution in [0.5, 0.6) is 0 Å². The Bertz CT molecular complexity index is 3720. The summed E-state index contributed by atoms with van der Waals surface area (Å²) in [5.74, 6) is 0. The van der Waals surface area contributed by atoms with Crippen molar-refractivity contribution in [2.75, 3.05) is 0 Å². The Kier molecular flexibility index (Phi) is 12.2. The standard InChI is InChI=1S/C68H51F6N/c1-42-14-18-44(19-15-42)50-34-52(46-22-28-56(29-23-46)67(69,70)71)38-54(36-50)48-26-32-64-60(40-48)61-41-49(27-33-65(61)75(64)63-13-9-7-11-59(63)58-10-6-8-12-62(58)66(3,4)5)55-37-51(45-20-16-43(2)17-21-45)35-53(39-55)47-24-30-57(31-25-47)68(72,73)74/h6-41H,1-5H3. The topological polar surface area (TPSA) is 4.93 Å². The van der Waals surface area contributed by atoms with Crippen LogP contribution in [0.2, 0.25) is 0 Å². The Hall–Kier alpha value is -8.42. The van der Waals surface area contributed by atoms with E-state index in [0.717, 1.165) is 130 Å². The molecule has 1 aromatic heterocycles. The Labute approximate surface area is 433 Å². The van der Waals surface area contributed by atoms with Crippen molar-refractivity contribution >= 4 is 21.8 Å². The van der Waals surface area contributed by atoms with Crippen molar-refractivity contribution in [2.45, 2.75) is 52.4 Å². The van der Waals surface area contributed by atoms with Gasteiger partial charge in [0.2, 0.25) is 0 Å². The molecule has 0 aliphatic heterocycles. The highest BCUT2D eigenvalue weighted by atomic mass is 19.4. The number of hydrogen-bond donors (Lipinski definition) is 0. The van der Waals surface area contributed by atoms with Gasteiger partial charge in [0.25, 0.3) is 0 Å². The van der Waals surface area contributed by atoms with E-state index in [1.165, 1.54) is 29.8 Å². The van der Waals surface area contributed by atoms with Crippen LogP contribution in [0.25, 0.3) is 105 Å². The van der Waals surface area contributed by atoms with Crippen molar-refractivity contribution in [3.8, 4) is 83.6 Å². The lowest BCUT2D eigenvalue weighted by Gasteiger charge is -2.24. The average molecular weight is 996 g/mol. The summed E-state index contributed by atoms with van der Waals surface area (Å²) in [6.45, 7) is 10.8. The molecule has 0 atom stereocenters. The highest BCUT2D eigenvalue weighted by Crippen LogP contribution is 2.44. The number of fused-ring (bicyclic) bond motifs is 3. The first-order chi connectivity index (χ1) is 35.9. The van der Waals surface area contributed by atoms with E-state index in [1.807, 2.05) is 38.1 Å².